The van der Waals surface area contributed by atoms with Crippen molar-refractivity contribution < 1.29 is 14.3 Å². The van der Waals surface area contributed by atoms with E-state index in [-0.39, 0.29) is 0 Å². The number of hydrogen-bond acceptors (Lipinski definition) is 3. The lowest BCUT2D eigenvalue weighted by Crippen LogP contribution is -2.36. The van der Waals surface area contributed by atoms with Crippen LogP contribution in [0.3, 0.4) is 0 Å². The molecule has 0 N–H and O–H groups in total. The van der Waals surface area contributed by atoms with Gasteiger partial charge < -0.3 is 9.47 Å². The molecule has 1 heterocycles. The molecular weight excluding hydrogens is 288 g/mol. The minimum atomic E-state index is -1.08. The van der Waals surface area contributed by atoms with Gasteiger partial charge in [-0.05, 0) is 12.1 Å². The van der Waals surface area contributed by atoms with Crippen molar-refractivity contribution in [3.05, 3.63) is 95.6 Å². The van der Waals surface area contributed by atoms with Gasteiger partial charge in [-0.15, -0.1) is 0 Å². The van der Waals surface area contributed by atoms with E-state index in [4.69, 9.17) is 9.47 Å². The third-order valence-electron chi connectivity index (χ3n) is 3.94. The van der Waals surface area contributed by atoms with Crippen molar-refractivity contribution >= 4 is 6.29 Å². The number of fused-ring (bicyclic) bond motifs is 1. The van der Waals surface area contributed by atoms with Crippen molar-refractivity contribution in [2.45, 2.75) is 5.79 Å². The maximum Gasteiger partial charge on any atom is 0.305 e. The average Bonchev–Trinajstić information content (AvgIpc) is 3.04. The predicted octanol–water partition coefficient (Wildman–Crippen LogP) is 4.17. The first-order valence-electron chi connectivity index (χ1n) is 7.41. The molecule has 1 aliphatic rings. The quantitative estimate of drug-likeness (QED) is 0.681. The summed E-state index contributed by atoms with van der Waals surface area (Å²) in [6.07, 6.45) is 0.786. The van der Waals surface area contributed by atoms with Gasteiger partial charge in [0.1, 0.15) is 0 Å². The topological polar surface area (TPSA) is 35.5 Å². The SMILES string of the molecule is O=Cc1cccc2c1OC(c1ccccc1)(c1ccccc1)O2. The van der Waals surface area contributed by atoms with Crippen molar-refractivity contribution in [2.24, 2.45) is 0 Å². The maximum absolute atomic E-state index is 11.3. The molecule has 4 rings (SSSR count). The maximum atomic E-state index is 11.3. The molecule has 0 atom stereocenters. The standard InChI is InChI=1S/C20H14O3/c21-14-15-8-7-13-18-19(15)23-20(22-18,16-9-3-1-4-10-16)17-11-5-2-6-12-17/h1-14H. The monoisotopic (exact) mass is 302 g/mol. The molecule has 0 aromatic heterocycles. The number of rotatable bonds is 3. The van der Waals surface area contributed by atoms with Gasteiger partial charge in [-0.3, -0.25) is 4.79 Å². The molecule has 3 aromatic carbocycles. The van der Waals surface area contributed by atoms with E-state index in [9.17, 15) is 4.79 Å². The van der Waals surface area contributed by atoms with Crippen LogP contribution in [0.25, 0.3) is 0 Å². The minimum absolute atomic E-state index is 0.482. The highest BCUT2D eigenvalue weighted by molar-refractivity contribution is 5.81. The van der Waals surface area contributed by atoms with Crippen LogP contribution >= 0.6 is 0 Å². The molecule has 0 radical (unpaired) electrons. The minimum Gasteiger partial charge on any atom is -0.440 e. The van der Waals surface area contributed by atoms with Crippen molar-refractivity contribution in [3.63, 3.8) is 0 Å². The van der Waals surface area contributed by atoms with E-state index in [1.54, 1.807) is 12.1 Å². The summed E-state index contributed by atoms with van der Waals surface area (Å²) in [4.78, 5) is 11.3. The summed E-state index contributed by atoms with van der Waals surface area (Å²) >= 11 is 0. The molecule has 0 spiro atoms. The van der Waals surface area contributed by atoms with E-state index >= 15 is 0 Å². The molecule has 3 heteroatoms. The highest BCUT2D eigenvalue weighted by Gasteiger charge is 2.46. The van der Waals surface area contributed by atoms with Gasteiger partial charge in [0, 0.05) is 11.1 Å². The summed E-state index contributed by atoms with van der Waals surface area (Å²) in [6, 6.07) is 24.8. The zero-order chi connectivity index (χ0) is 15.7. The van der Waals surface area contributed by atoms with E-state index < -0.39 is 5.79 Å². The Morgan fingerprint density at radius 1 is 0.696 bits per heavy atom. The summed E-state index contributed by atoms with van der Waals surface area (Å²) in [6.45, 7) is 0. The number of benzene rings is 3. The Labute approximate surface area is 134 Å². The summed E-state index contributed by atoms with van der Waals surface area (Å²) in [5.74, 6) is -0.0261. The van der Waals surface area contributed by atoms with Crippen LogP contribution in [0.4, 0.5) is 0 Å². The average molecular weight is 302 g/mol. The third-order valence-corrected chi connectivity index (χ3v) is 3.94. The number of carbonyl (C=O) groups is 1. The lowest BCUT2D eigenvalue weighted by Gasteiger charge is -2.28. The van der Waals surface area contributed by atoms with Crippen molar-refractivity contribution in [2.75, 3.05) is 0 Å². The lowest BCUT2D eigenvalue weighted by atomic mass is 9.97. The Balaban J connectivity index is 1.92. The summed E-state index contributed by atoms with van der Waals surface area (Å²) < 4.78 is 12.5. The molecule has 3 nitrogen and oxygen atoms in total. The van der Waals surface area contributed by atoms with Gasteiger partial charge in [0.2, 0.25) is 0 Å². The molecule has 0 bridgehead atoms. The molecule has 0 saturated heterocycles. The number of aldehydes is 1. The number of para-hydroxylation sites is 1. The molecular formula is C20H14O3. The molecule has 23 heavy (non-hydrogen) atoms. The van der Waals surface area contributed by atoms with Crippen molar-refractivity contribution in [3.8, 4) is 11.5 Å². The Morgan fingerprint density at radius 2 is 1.30 bits per heavy atom. The first-order valence-corrected chi connectivity index (χ1v) is 7.41. The molecule has 112 valence electrons. The second-order valence-electron chi connectivity index (χ2n) is 5.35. The molecule has 0 unspecified atom stereocenters. The van der Waals surface area contributed by atoms with Crippen molar-refractivity contribution in [1.82, 2.24) is 0 Å². The predicted molar refractivity (Wildman–Crippen MR) is 86.7 cm³/mol. The highest BCUT2D eigenvalue weighted by Crippen LogP contribution is 2.48. The van der Waals surface area contributed by atoms with Crippen LogP contribution in [0.15, 0.2) is 78.9 Å². The van der Waals surface area contributed by atoms with Crippen LogP contribution in [0.5, 0.6) is 11.5 Å². The fourth-order valence-corrected chi connectivity index (χ4v) is 2.85. The van der Waals surface area contributed by atoms with Gasteiger partial charge in [0.15, 0.2) is 17.8 Å². The van der Waals surface area contributed by atoms with E-state index in [1.807, 2.05) is 66.7 Å². The van der Waals surface area contributed by atoms with Gasteiger partial charge >= 0.3 is 5.79 Å². The Hall–Kier alpha value is -3.07. The van der Waals surface area contributed by atoms with Gasteiger partial charge in [-0.1, -0.05) is 66.7 Å². The fourth-order valence-electron chi connectivity index (χ4n) is 2.85. The number of carbonyl (C=O) groups excluding carboxylic acids is 1. The summed E-state index contributed by atoms with van der Waals surface area (Å²) in [5, 5.41) is 0. The Bertz CT molecular complexity index is 802. The van der Waals surface area contributed by atoms with Crippen LogP contribution in [0.1, 0.15) is 21.5 Å². The molecule has 0 saturated carbocycles. The van der Waals surface area contributed by atoms with Crippen LogP contribution in [0, 0.1) is 0 Å². The molecule has 3 aromatic rings. The second kappa shape index (κ2) is 5.29. The zero-order valence-electron chi connectivity index (χ0n) is 12.3. The Kier molecular flexibility index (Phi) is 3.12. The lowest BCUT2D eigenvalue weighted by molar-refractivity contribution is -0.0460. The van der Waals surface area contributed by atoms with E-state index in [2.05, 4.69) is 0 Å². The van der Waals surface area contributed by atoms with Crippen molar-refractivity contribution in [1.29, 1.82) is 0 Å². The normalized spacial score (nSPS) is 14.4. The largest absolute Gasteiger partial charge is 0.440 e. The molecule has 0 amide bonds. The van der Waals surface area contributed by atoms with E-state index in [0.717, 1.165) is 17.4 Å². The van der Waals surface area contributed by atoms with Gasteiger partial charge in [-0.2, -0.15) is 0 Å². The Morgan fingerprint density at radius 3 is 1.87 bits per heavy atom. The first kappa shape index (κ1) is 13.6. The number of hydrogen-bond donors (Lipinski definition) is 0. The number of ether oxygens (including phenoxy) is 2. The fraction of sp³-hybridized carbons (Fsp3) is 0.0500. The van der Waals surface area contributed by atoms with E-state index in [1.165, 1.54) is 0 Å². The molecule has 0 fully saturated rings. The van der Waals surface area contributed by atoms with Crippen LogP contribution in [0.2, 0.25) is 0 Å². The van der Waals surface area contributed by atoms with E-state index in [0.29, 0.717) is 17.1 Å². The second-order valence-corrected chi connectivity index (χ2v) is 5.35. The smallest absolute Gasteiger partial charge is 0.305 e. The summed E-state index contributed by atoms with van der Waals surface area (Å²) in [7, 11) is 0. The van der Waals surface area contributed by atoms with Gasteiger partial charge in [-0.25, -0.2) is 0 Å². The van der Waals surface area contributed by atoms with Crippen LogP contribution in [-0.4, -0.2) is 6.29 Å². The van der Waals surface area contributed by atoms with Crippen LogP contribution in [-0.2, 0) is 5.79 Å². The first-order chi connectivity index (χ1) is 11.3. The molecule has 0 aliphatic carbocycles. The highest BCUT2D eigenvalue weighted by atomic mass is 16.7. The van der Waals surface area contributed by atoms with Crippen LogP contribution < -0.4 is 9.47 Å². The third kappa shape index (κ3) is 2.09. The molecule has 1 aliphatic heterocycles. The van der Waals surface area contributed by atoms with Gasteiger partial charge in [0.25, 0.3) is 0 Å². The zero-order valence-corrected chi connectivity index (χ0v) is 12.3. The van der Waals surface area contributed by atoms with Gasteiger partial charge in [0.05, 0.1) is 5.56 Å². The summed E-state index contributed by atoms with van der Waals surface area (Å²) in [5.41, 5.74) is 2.23.